The summed E-state index contributed by atoms with van der Waals surface area (Å²) in [5.74, 6) is 0.325. The molecule has 0 unspecified atom stereocenters. The van der Waals surface area contributed by atoms with E-state index in [-0.39, 0.29) is 17.7 Å². The molecular formula is C13H14F3N3O. The van der Waals surface area contributed by atoms with Crippen molar-refractivity contribution >= 4 is 11.7 Å². The highest BCUT2D eigenvalue weighted by atomic mass is 19.4. The molecule has 2 atom stereocenters. The normalized spacial score (nSPS) is 25.8. The summed E-state index contributed by atoms with van der Waals surface area (Å²) in [4.78, 5) is 17.5. The molecule has 7 heteroatoms. The summed E-state index contributed by atoms with van der Waals surface area (Å²) in [7, 11) is 0. The minimum atomic E-state index is -4.38. The molecule has 0 bridgehead atoms. The zero-order valence-corrected chi connectivity index (χ0v) is 10.9. The molecule has 2 aliphatic heterocycles. The van der Waals surface area contributed by atoms with Crippen LogP contribution in [0.5, 0.6) is 0 Å². The maximum absolute atomic E-state index is 12.8. The van der Waals surface area contributed by atoms with Gasteiger partial charge in [0.2, 0.25) is 5.91 Å². The van der Waals surface area contributed by atoms with Crippen molar-refractivity contribution in [3.63, 3.8) is 0 Å². The molecule has 0 spiro atoms. The van der Waals surface area contributed by atoms with E-state index in [1.54, 1.807) is 11.8 Å². The van der Waals surface area contributed by atoms with Crippen molar-refractivity contribution < 1.29 is 18.0 Å². The van der Waals surface area contributed by atoms with Crippen LogP contribution in [-0.2, 0) is 11.0 Å². The lowest BCUT2D eigenvalue weighted by molar-refractivity contribution is -0.137. The first kappa shape index (κ1) is 13.2. The first-order valence-corrected chi connectivity index (χ1v) is 6.43. The number of alkyl halides is 3. The first-order chi connectivity index (χ1) is 9.34. The minimum Gasteiger partial charge on any atom is -0.355 e. The number of rotatable bonds is 1. The Hall–Kier alpha value is -1.79. The van der Waals surface area contributed by atoms with Gasteiger partial charge in [0.15, 0.2) is 0 Å². The number of carbonyl (C=O) groups is 1. The van der Waals surface area contributed by atoms with Crippen LogP contribution in [0.3, 0.4) is 0 Å². The molecule has 2 aliphatic rings. The Bertz CT molecular complexity index is 558. The molecule has 0 saturated carbocycles. The predicted octanol–water partition coefficient (Wildman–Crippen LogP) is 1.59. The van der Waals surface area contributed by atoms with E-state index < -0.39 is 11.7 Å². The monoisotopic (exact) mass is 285 g/mol. The SMILES string of the molecule is Cc1cc(C(F)(F)F)cc(N2C[C@@H]3CNC(=O)[C@@H]3C2)n1. The summed E-state index contributed by atoms with van der Waals surface area (Å²) in [6, 6.07) is 2.10. The van der Waals surface area contributed by atoms with Crippen LogP contribution >= 0.6 is 0 Å². The number of fused-ring (bicyclic) bond motifs is 1. The van der Waals surface area contributed by atoms with E-state index in [4.69, 9.17) is 0 Å². The van der Waals surface area contributed by atoms with Crippen LogP contribution in [0.15, 0.2) is 12.1 Å². The number of aryl methyl sites for hydroxylation is 1. The number of aromatic nitrogens is 1. The van der Waals surface area contributed by atoms with Crippen molar-refractivity contribution in [1.82, 2.24) is 10.3 Å². The van der Waals surface area contributed by atoms with Gasteiger partial charge in [-0.2, -0.15) is 13.2 Å². The number of amides is 1. The number of carbonyl (C=O) groups excluding carboxylic acids is 1. The molecule has 2 saturated heterocycles. The van der Waals surface area contributed by atoms with E-state index in [9.17, 15) is 18.0 Å². The first-order valence-electron chi connectivity index (χ1n) is 6.43. The molecule has 1 aromatic heterocycles. The van der Waals surface area contributed by atoms with Crippen LogP contribution in [0.1, 0.15) is 11.3 Å². The van der Waals surface area contributed by atoms with Gasteiger partial charge in [0.1, 0.15) is 5.82 Å². The third kappa shape index (κ3) is 2.21. The van der Waals surface area contributed by atoms with E-state index in [1.165, 1.54) is 0 Å². The van der Waals surface area contributed by atoms with Gasteiger partial charge in [-0.1, -0.05) is 0 Å². The highest BCUT2D eigenvalue weighted by Crippen LogP contribution is 2.34. The summed E-state index contributed by atoms with van der Waals surface area (Å²) in [6.45, 7) is 3.14. The van der Waals surface area contributed by atoms with Crippen molar-refractivity contribution in [2.24, 2.45) is 11.8 Å². The summed E-state index contributed by atoms with van der Waals surface area (Å²) < 4.78 is 38.5. The van der Waals surface area contributed by atoms with Crippen molar-refractivity contribution in [3.05, 3.63) is 23.4 Å². The van der Waals surface area contributed by atoms with Gasteiger partial charge < -0.3 is 10.2 Å². The molecule has 3 rings (SSSR count). The number of pyridine rings is 1. The second-order valence-electron chi connectivity index (χ2n) is 5.37. The Labute approximate surface area is 114 Å². The Morgan fingerprint density at radius 3 is 2.75 bits per heavy atom. The van der Waals surface area contributed by atoms with Crippen LogP contribution in [0.25, 0.3) is 0 Å². The molecule has 1 N–H and O–H groups in total. The fourth-order valence-electron chi connectivity index (χ4n) is 2.90. The van der Waals surface area contributed by atoms with Crippen LogP contribution in [0, 0.1) is 18.8 Å². The lowest BCUT2D eigenvalue weighted by atomic mass is 10.0. The van der Waals surface area contributed by atoms with Crippen LogP contribution in [-0.4, -0.2) is 30.5 Å². The second-order valence-corrected chi connectivity index (χ2v) is 5.37. The van der Waals surface area contributed by atoms with E-state index in [0.29, 0.717) is 31.1 Å². The predicted molar refractivity (Wildman–Crippen MR) is 66.2 cm³/mol. The summed E-state index contributed by atoms with van der Waals surface area (Å²) >= 11 is 0. The van der Waals surface area contributed by atoms with E-state index in [2.05, 4.69) is 10.3 Å². The van der Waals surface area contributed by atoms with Crippen LogP contribution in [0.4, 0.5) is 19.0 Å². The molecule has 1 amide bonds. The fourth-order valence-corrected chi connectivity index (χ4v) is 2.90. The Kier molecular flexibility index (Phi) is 2.88. The van der Waals surface area contributed by atoms with Gasteiger partial charge in [0.25, 0.3) is 0 Å². The molecule has 0 aliphatic carbocycles. The van der Waals surface area contributed by atoms with E-state index in [0.717, 1.165) is 12.1 Å². The van der Waals surface area contributed by atoms with Crippen LogP contribution in [0.2, 0.25) is 0 Å². The largest absolute Gasteiger partial charge is 0.416 e. The minimum absolute atomic E-state index is 0.0128. The van der Waals surface area contributed by atoms with Crippen molar-refractivity contribution in [1.29, 1.82) is 0 Å². The molecule has 3 heterocycles. The lowest BCUT2D eigenvalue weighted by Crippen LogP contribution is -2.29. The average Bonchev–Trinajstić information content (AvgIpc) is 2.90. The number of anilines is 1. The van der Waals surface area contributed by atoms with Gasteiger partial charge in [-0.05, 0) is 19.1 Å². The zero-order chi connectivity index (χ0) is 14.5. The quantitative estimate of drug-likeness (QED) is 0.852. The van der Waals surface area contributed by atoms with Crippen molar-refractivity contribution in [3.8, 4) is 0 Å². The highest BCUT2D eigenvalue weighted by Gasteiger charge is 2.43. The molecule has 4 nitrogen and oxygen atoms in total. The average molecular weight is 285 g/mol. The molecule has 1 aromatic rings. The molecular weight excluding hydrogens is 271 g/mol. The van der Waals surface area contributed by atoms with E-state index in [1.807, 2.05) is 0 Å². The molecule has 20 heavy (non-hydrogen) atoms. The third-order valence-corrected chi connectivity index (χ3v) is 3.91. The van der Waals surface area contributed by atoms with Gasteiger partial charge >= 0.3 is 6.18 Å². The highest BCUT2D eigenvalue weighted by molar-refractivity contribution is 5.82. The Morgan fingerprint density at radius 1 is 1.35 bits per heavy atom. The summed E-state index contributed by atoms with van der Waals surface area (Å²) in [5, 5.41) is 2.77. The molecule has 0 aromatic carbocycles. The topological polar surface area (TPSA) is 45.2 Å². The zero-order valence-electron chi connectivity index (χ0n) is 10.9. The van der Waals surface area contributed by atoms with E-state index >= 15 is 0 Å². The van der Waals surface area contributed by atoms with Crippen molar-refractivity contribution in [2.45, 2.75) is 13.1 Å². The standard InChI is InChI=1S/C13H14F3N3O/c1-7-2-9(13(14,15)16)3-11(18-7)19-5-8-4-17-12(20)10(8)6-19/h2-3,8,10H,4-6H2,1H3,(H,17,20)/t8-,10+/m0/s1. The summed E-state index contributed by atoms with van der Waals surface area (Å²) in [6.07, 6.45) is -4.38. The second kappa shape index (κ2) is 4.36. The van der Waals surface area contributed by atoms with Gasteiger partial charge in [-0.15, -0.1) is 0 Å². The Morgan fingerprint density at radius 2 is 2.10 bits per heavy atom. The van der Waals surface area contributed by atoms with Gasteiger partial charge in [0.05, 0.1) is 11.5 Å². The number of halogens is 3. The van der Waals surface area contributed by atoms with Gasteiger partial charge in [0, 0.05) is 31.2 Å². The summed E-state index contributed by atoms with van der Waals surface area (Å²) in [5.41, 5.74) is -0.363. The third-order valence-electron chi connectivity index (χ3n) is 3.91. The maximum atomic E-state index is 12.8. The molecule has 0 radical (unpaired) electrons. The van der Waals surface area contributed by atoms with Gasteiger partial charge in [-0.3, -0.25) is 4.79 Å². The number of hydrogen-bond donors (Lipinski definition) is 1. The number of nitrogens with zero attached hydrogens (tertiary/aromatic N) is 2. The van der Waals surface area contributed by atoms with Gasteiger partial charge in [-0.25, -0.2) is 4.98 Å². The maximum Gasteiger partial charge on any atom is 0.416 e. The van der Waals surface area contributed by atoms with Crippen molar-refractivity contribution in [2.75, 3.05) is 24.5 Å². The number of nitrogens with one attached hydrogen (secondary N) is 1. The lowest BCUT2D eigenvalue weighted by Gasteiger charge is -2.20. The Balaban J connectivity index is 1.88. The number of hydrogen-bond acceptors (Lipinski definition) is 3. The molecule has 108 valence electrons. The smallest absolute Gasteiger partial charge is 0.355 e. The van der Waals surface area contributed by atoms with Crippen LogP contribution < -0.4 is 10.2 Å². The fraction of sp³-hybridized carbons (Fsp3) is 0.538. The molecule has 2 fully saturated rings.